The van der Waals surface area contributed by atoms with E-state index in [4.69, 9.17) is 0 Å². The standard InChI is InChI=1S/C6H7S.C2H6.Rb/c1-5-3-4-6(2)7-5;1-2;/h3-4H,1H2,2H3;1-2H3;/q-1;;+1. The van der Waals surface area contributed by atoms with Gasteiger partial charge in [0.15, 0.2) is 0 Å². The molecule has 0 nitrogen and oxygen atoms in total. The summed E-state index contributed by atoms with van der Waals surface area (Å²) in [6.07, 6.45) is 0. The number of hydrogen-bond donors (Lipinski definition) is 0. The fraction of sp³-hybridized carbons (Fsp3) is 0.375. The molecule has 0 spiro atoms. The van der Waals surface area contributed by atoms with Gasteiger partial charge in [-0.15, -0.1) is 10.9 Å². The van der Waals surface area contributed by atoms with E-state index in [0.29, 0.717) is 0 Å². The first kappa shape index (κ1) is 13.9. The van der Waals surface area contributed by atoms with Gasteiger partial charge in [0.1, 0.15) is 0 Å². The van der Waals surface area contributed by atoms with E-state index in [1.807, 2.05) is 19.9 Å². The predicted molar refractivity (Wildman–Crippen MR) is 44.9 cm³/mol. The maximum atomic E-state index is 3.76. The van der Waals surface area contributed by atoms with Crippen molar-refractivity contribution in [2.45, 2.75) is 20.8 Å². The molecule has 1 heterocycles. The molecule has 0 N–H and O–H groups in total. The van der Waals surface area contributed by atoms with E-state index < -0.39 is 0 Å². The fourth-order valence-electron chi connectivity index (χ4n) is 0.485. The minimum Gasteiger partial charge on any atom is -0.228 e. The third-order valence-corrected chi connectivity index (χ3v) is 1.65. The van der Waals surface area contributed by atoms with Crippen molar-refractivity contribution in [1.29, 1.82) is 0 Å². The van der Waals surface area contributed by atoms with Crippen LogP contribution < -0.4 is 58.2 Å². The fourth-order valence-corrected chi connectivity index (χ4v) is 1.17. The Bertz CT molecular complexity index is 142. The Morgan fingerprint density at radius 3 is 1.90 bits per heavy atom. The summed E-state index contributed by atoms with van der Waals surface area (Å²) in [5, 5.41) is 0. The zero-order valence-corrected chi connectivity index (χ0v) is 13.0. The van der Waals surface area contributed by atoms with Crippen LogP contribution in [-0.4, -0.2) is 0 Å². The van der Waals surface area contributed by atoms with Crippen LogP contribution in [0.3, 0.4) is 0 Å². The van der Waals surface area contributed by atoms with Gasteiger partial charge in [-0.1, -0.05) is 13.8 Å². The summed E-state index contributed by atoms with van der Waals surface area (Å²) in [7, 11) is 0. The molecule has 0 bridgehead atoms. The largest absolute Gasteiger partial charge is 1.00 e. The maximum Gasteiger partial charge on any atom is 1.00 e. The van der Waals surface area contributed by atoms with Crippen LogP contribution in [0, 0.1) is 13.8 Å². The van der Waals surface area contributed by atoms with E-state index in [9.17, 15) is 0 Å². The van der Waals surface area contributed by atoms with Crippen LogP contribution in [0.5, 0.6) is 0 Å². The molecule has 2 heteroatoms. The molecule has 0 saturated carbocycles. The van der Waals surface area contributed by atoms with Gasteiger partial charge in [-0.3, -0.25) is 0 Å². The molecule has 0 fully saturated rings. The topological polar surface area (TPSA) is 0 Å². The van der Waals surface area contributed by atoms with Gasteiger partial charge in [0.05, 0.1) is 0 Å². The van der Waals surface area contributed by atoms with E-state index in [-0.39, 0.29) is 58.2 Å². The van der Waals surface area contributed by atoms with Crippen molar-refractivity contribution in [2.24, 2.45) is 0 Å². The van der Waals surface area contributed by atoms with Crippen molar-refractivity contribution in [3.8, 4) is 0 Å². The minimum absolute atomic E-state index is 0. The summed E-state index contributed by atoms with van der Waals surface area (Å²) in [6.45, 7) is 9.84. The van der Waals surface area contributed by atoms with Gasteiger partial charge >= 0.3 is 58.2 Å². The van der Waals surface area contributed by atoms with Crippen LogP contribution in [0.15, 0.2) is 12.1 Å². The molecule has 0 amide bonds. The Morgan fingerprint density at radius 2 is 1.80 bits per heavy atom. The summed E-state index contributed by atoms with van der Waals surface area (Å²) in [4.78, 5) is 2.49. The second-order valence-electron chi connectivity index (χ2n) is 1.51. The first-order valence-electron chi connectivity index (χ1n) is 3.17. The molecule has 0 aliphatic rings. The molecule has 0 aliphatic carbocycles. The second-order valence-corrected chi connectivity index (χ2v) is 2.88. The molecule has 0 radical (unpaired) electrons. The van der Waals surface area contributed by atoms with Crippen molar-refractivity contribution in [2.75, 3.05) is 0 Å². The van der Waals surface area contributed by atoms with Gasteiger partial charge in [0, 0.05) is 0 Å². The first-order chi connectivity index (χ1) is 4.29. The van der Waals surface area contributed by atoms with Crippen LogP contribution in [-0.2, 0) is 0 Å². The number of hydrogen-bond acceptors (Lipinski definition) is 1. The Balaban J connectivity index is 0. The number of aryl methyl sites for hydroxylation is 1. The van der Waals surface area contributed by atoms with Crippen molar-refractivity contribution in [3.05, 3.63) is 28.8 Å². The molecule has 52 valence electrons. The van der Waals surface area contributed by atoms with Crippen LogP contribution in [0.2, 0.25) is 0 Å². The molecule has 10 heavy (non-hydrogen) atoms. The summed E-state index contributed by atoms with van der Waals surface area (Å²) in [5.74, 6) is 0. The summed E-state index contributed by atoms with van der Waals surface area (Å²) in [6, 6.07) is 4.10. The Labute approximate surface area is 117 Å². The normalized spacial score (nSPS) is 7.10. The predicted octanol–water partition coefficient (Wildman–Crippen LogP) is 0.269. The van der Waals surface area contributed by atoms with Crippen molar-refractivity contribution in [3.63, 3.8) is 0 Å². The molecule has 1 aromatic rings. The summed E-state index contributed by atoms with van der Waals surface area (Å²) < 4.78 is 0. The van der Waals surface area contributed by atoms with E-state index in [0.717, 1.165) is 4.88 Å². The molecule has 0 aliphatic heterocycles. The van der Waals surface area contributed by atoms with Crippen LogP contribution >= 0.6 is 11.3 Å². The first-order valence-corrected chi connectivity index (χ1v) is 3.99. The molecule has 0 saturated heterocycles. The molecule has 0 unspecified atom stereocenters. The van der Waals surface area contributed by atoms with E-state index >= 15 is 0 Å². The van der Waals surface area contributed by atoms with Gasteiger partial charge in [0.25, 0.3) is 0 Å². The van der Waals surface area contributed by atoms with E-state index in [1.165, 1.54) is 4.88 Å². The Hall–Kier alpha value is 1.38. The molecular weight excluding hydrogens is 214 g/mol. The average molecular weight is 227 g/mol. The third-order valence-electron chi connectivity index (χ3n) is 0.796. The zero-order chi connectivity index (χ0) is 7.28. The summed E-state index contributed by atoms with van der Waals surface area (Å²) in [5.41, 5.74) is 0. The van der Waals surface area contributed by atoms with Crippen LogP contribution in [0.25, 0.3) is 0 Å². The van der Waals surface area contributed by atoms with E-state index in [2.05, 4.69) is 19.9 Å². The summed E-state index contributed by atoms with van der Waals surface area (Å²) >= 11 is 1.73. The quantitative estimate of drug-likeness (QED) is 0.558. The SMILES string of the molecule is CC.[CH2-]c1ccc(C)s1.[Rb+]. The smallest absolute Gasteiger partial charge is 0.228 e. The number of thiophene rings is 1. The molecule has 0 atom stereocenters. The monoisotopic (exact) mass is 226 g/mol. The van der Waals surface area contributed by atoms with Crippen LogP contribution in [0.1, 0.15) is 23.6 Å². The van der Waals surface area contributed by atoms with Crippen molar-refractivity contribution < 1.29 is 58.2 Å². The number of rotatable bonds is 0. The Morgan fingerprint density at radius 1 is 1.30 bits per heavy atom. The maximum absolute atomic E-state index is 3.76. The van der Waals surface area contributed by atoms with Gasteiger partial charge in [0.2, 0.25) is 0 Å². The van der Waals surface area contributed by atoms with Gasteiger partial charge < -0.3 is 0 Å². The van der Waals surface area contributed by atoms with Crippen LogP contribution in [0.4, 0.5) is 0 Å². The van der Waals surface area contributed by atoms with Crippen molar-refractivity contribution in [1.82, 2.24) is 0 Å². The van der Waals surface area contributed by atoms with Crippen molar-refractivity contribution >= 4 is 11.3 Å². The average Bonchev–Trinajstić information content (AvgIpc) is 2.20. The molecular formula is C8H13RbS. The Kier molecular flexibility index (Phi) is 11.8. The van der Waals surface area contributed by atoms with Gasteiger partial charge in [-0.25, -0.2) is 6.92 Å². The third kappa shape index (κ3) is 6.11. The molecule has 0 aromatic carbocycles. The minimum atomic E-state index is 0. The zero-order valence-electron chi connectivity index (χ0n) is 7.27. The van der Waals surface area contributed by atoms with Gasteiger partial charge in [-0.2, -0.15) is 17.4 Å². The van der Waals surface area contributed by atoms with Gasteiger partial charge in [-0.05, 0) is 11.8 Å². The molecule has 1 aromatic heterocycles. The van der Waals surface area contributed by atoms with E-state index in [1.54, 1.807) is 11.3 Å². The second kappa shape index (κ2) is 8.47. The molecule has 1 rings (SSSR count).